The van der Waals surface area contributed by atoms with Crippen LogP contribution in [-0.4, -0.2) is 42.8 Å². The molecule has 6 nitrogen and oxygen atoms in total. The van der Waals surface area contributed by atoms with Crippen LogP contribution in [0.1, 0.15) is 17.3 Å². The van der Waals surface area contributed by atoms with Gasteiger partial charge in [-0.15, -0.1) is 11.3 Å². The number of carbonyl (C=O) groups excluding carboxylic acids is 1. The van der Waals surface area contributed by atoms with Gasteiger partial charge in [0.2, 0.25) is 5.95 Å². The third-order valence-corrected chi connectivity index (χ3v) is 3.62. The highest BCUT2D eigenvalue weighted by Crippen LogP contribution is 2.31. The van der Waals surface area contributed by atoms with Crippen molar-refractivity contribution in [3.05, 3.63) is 16.1 Å². The average molecular weight is 316 g/mol. The lowest BCUT2D eigenvalue weighted by molar-refractivity contribution is 0.0529. The summed E-state index contributed by atoms with van der Waals surface area (Å²) in [6.45, 7) is 3.18. The SMILES string of the molecule is CCOC(=O)c1csc2nc(NCCOC)nc(Cl)c12. The van der Waals surface area contributed by atoms with Crippen molar-refractivity contribution in [2.24, 2.45) is 0 Å². The Kier molecular flexibility index (Phi) is 5.11. The fourth-order valence-electron chi connectivity index (χ4n) is 1.60. The molecule has 0 spiro atoms. The molecule has 0 aromatic carbocycles. The fourth-order valence-corrected chi connectivity index (χ4v) is 2.84. The van der Waals surface area contributed by atoms with Crippen LogP contribution < -0.4 is 5.32 Å². The van der Waals surface area contributed by atoms with Crippen molar-refractivity contribution < 1.29 is 14.3 Å². The Labute approximate surface area is 125 Å². The Balaban J connectivity index is 2.31. The van der Waals surface area contributed by atoms with Crippen molar-refractivity contribution in [2.45, 2.75) is 6.92 Å². The number of nitrogens with one attached hydrogen (secondary N) is 1. The fraction of sp³-hybridized carbons (Fsp3) is 0.417. The predicted molar refractivity (Wildman–Crippen MR) is 78.7 cm³/mol. The molecule has 0 aliphatic carbocycles. The number of nitrogens with zero attached hydrogens (tertiary/aromatic N) is 2. The number of esters is 1. The summed E-state index contributed by atoms with van der Waals surface area (Å²) in [7, 11) is 1.61. The Morgan fingerprint density at radius 2 is 2.30 bits per heavy atom. The maximum atomic E-state index is 11.8. The van der Waals surface area contributed by atoms with E-state index in [1.165, 1.54) is 11.3 Å². The first-order valence-electron chi connectivity index (χ1n) is 6.02. The molecule has 0 atom stereocenters. The first-order valence-corrected chi connectivity index (χ1v) is 7.27. The Morgan fingerprint density at radius 1 is 1.50 bits per heavy atom. The van der Waals surface area contributed by atoms with Gasteiger partial charge in [0.25, 0.3) is 0 Å². The summed E-state index contributed by atoms with van der Waals surface area (Å²) >= 11 is 7.47. The van der Waals surface area contributed by atoms with E-state index in [1.54, 1.807) is 19.4 Å². The van der Waals surface area contributed by atoms with Crippen molar-refractivity contribution in [1.29, 1.82) is 0 Å². The van der Waals surface area contributed by atoms with E-state index in [0.717, 1.165) is 0 Å². The molecule has 2 aromatic heterocycles. The number of anilines is 1. The van der Waals surface area contributed by atoms with Gasteiger partial charge in [-0.25, -0.2) is 14.8 Å². The standard InChI is InChI=1S/C12H14ClN3O3S/c1-3-19-11(17)7-6-20-10-8(7)9(13)15-12(16-10)14-4-5-18-2/h6H,3-5H2,1-2H3,(H,14,15,16). The summed E-state index contributed by atoms with van der Waals surface area (Å²) in [5.74, 6) is 0.00107. The molecule has 108 valence electrons. The Hall–Kier alpha value is -1.44. The number of carbonyl (C=O) groups is 1. The highest BCUT2D eigenvalue weighted by atomic mass is 35.5. The molecule has 0 fully saturated rings. The number of hydrogen-bond acceptors (Lipinski definition) is 7. The van der Waals surface area contributed by atoms with Crippen molar-refractivity contribution in [2.75, 3.05) is 32.2 Å². The number of ether oxygens (including phenoxy) is 2. The van der Waals surface area contributed by atoms with Crippen LogP contribution in [0.15, 0.2) is 5.38 Å². The van der Waals surface area contributed by atoms with E-state index in [1.807, 2.05) is 0 Å². The number of rotatable bonds is 6. The molecule has 2 aromatic rings. The molecular formula is C12H14ClN3O3S. The summed E-state index contributed by atoms with van der Waals surface area (Å²) in [5.41, 5.74) is 0.403. The smallest absolute Gasteiger partial charge is 0.339 e. The van der Waals surface area contributed by atoms with Crippen molar-refractivity contribution >= 4 is 45.1 Å². The minimum Gasteiger partial charge on any atom is -0.462 e. The zero-order chi connectivity index (χ0) is 14.5. The molecule has 0 bridgehead atoms. The van der Waals surface area contributed by atoms with E-state index >= 15 is 0 Å². The monoisotopic (exact) mass is 315 g/mol. The lowest BCUT2D eigenvalue weighted by Gasteiger charge is -2.05. The van der Waals surface area contributed by atoms with E-state index in [0.29, 0.717) is 41.5 Å². The molecule has 0 aliphatic rings. The Morgan fingerprint density at radius 3 is 3.00 bits per heavy atom. The van der Waals surface area contributed by atoms with Crippen LogP contribution in [0.4, 0.5) is 5.95 Å². The summed E-state index contributed by atoms with van der Waals surface area (Å²) < 4.78 is 9.91. The summed E-state index contributed by atoms with van der Waals surface area (Å²) in [5, 5.41) is 5.45. The van der Waals surface area contributed by atoms with Crippen LogP contribution in [0, 0.1) is 0 Å². The van der Waals surface area contributed by atoms with Crippen LogP contribution >= 0.6 is 22.9 Å². The summed E-state index contributed by atoms with van der Waals surface area (Å²) in [6.07, 6.45) is 0. The molecule has 20 heavy (non-hydrogen) atoms. The second-order valence-electron chi connectivity index (χ2n) is 3.81. The van der Waals surface area contributed by atoms with E-state index in [4.69, 9.17) is 21.1 Å². The van der Waals surface area contributed by atoms with E-state index in [9.17, 15) is 4.79 Å². The maximum Gasteiger partial charge on any atom is 0.339 e. The van der Waals surface area contributed by atoms with Crippen LogP contribution in [0.3, 0.4) is 0 Å². The van der Waals surface area contributed by atoms with Gasteiger partial charge >= 0.3 is 5.97 Å². The molecule has 2 heterocycles. The number of thiophene rings is 1. The number of aromatic nitrogens is 2. The number of methoxy groups -OCH3 is 1. The van der Waals surface area contributed by atoms with Crippen LogP contribution in [0.5, 0.6) is 0 Å². The van der Waals surface area contributed by atoms with Crippen LogP contribution in [0.2, 0.25) is 5.15 Å². The topological polar surface area (TPSA) is 73.3 Å². The largest absolute Gasteiger partial charge is 0.462 e. The van der Waals surface area contributed by atoms with Gasteiger partial charge < -0.3 is 14.8 Å². The third-order valence-electron chi connectivity index (χ3n) is 2.47. The van der Waals surface area contributed by atoms with Crippen LogP contribution in [0.25, 0.3) is 10.2 Å². The lowest BCUT2D eigenvalue weighted by atomic mass is 10.2. The molecular weight excluding hydrogens is 302 g/mol. The third kappa shape index (κ3) is 3.17. The van der Waals surface area contributed by atoms with E-state index < -0.39 is 5.97 Å². The average Bonchev–Trinajstić information content (AvgIpc) is 2.84. The Bertz CT molecular complexity index is 617. The first kappa shape index (κ1) is 15.0. The maximum absolute atomic E-state index is 11.8. The molecule has 1 N–H and O–H groups in total. The lowest BCUT2D eigenvalue weighted by Crippen LogP contribution is -2.10. The quantitative estimate of drug-likeness (QED) is 0.502. The molecule has 8 heteroatoms. The summed E-state index contributed by atoms with van der Waals surface area (Å²) in [4.78, 5) is 20.9. The molecule has 2 rings (SSSR count). The van der Waals surface area contributed by atoms with Crippen molar-refractivity contribution in [3.63, 3.8) is 0 Å². The summed E-state index contributed by atoms with van der Waals surface area (Å²) in [6, 6.07) is 0. The van der Waals surface area contributed by atoms with Gasteiger partial charge in [0, 0.05) is 19.0 Å². The van der Waals surface area contributed by atoms with E-state index in [2.05, 4.69) is 15.3 Å². The zero-order valence-electron chi connectivity index (χ0n) is 11.1. The van der Waals surface area contributed by atoms with Gasteiger partial charge in [-0.05, 0) is 6.92 Å². The van der Waals surface area contributed by atoms with Crippen molar-refractivity contribution in [3.8, 4) is 0 Å². The highest BCUT2D eigenvalue weighted by Gasteiger charge is 2.18. The minimum atomic E-state index is -0.413. The first-order chi connectivity index (χ1) is 9.67. The molecule has 0 saturated heterocycles. The number of halogens is 1. The number of hydrogen-bond donors (Lipinski definition) is 1. The van der Waals surface area contributed by atoms with Crippen molar-refractivity contribution in [1.82, 2.24) is 9.97 Å². The number of fused-ring (bicyclic) bond motifs is 1. The predicted octanol–water partition coefficient (Wildman–Crippen LogP) is 2.58. The molecule has 0 aliphatic heterocycles. The van der Waals surface area contributed by atoms with Gasteiger partial charge in [0.15, 0.2) is 0 Å². The highest BCUT2D eigenvalue weighted by molar-refractivity contribution is 7.17. The van der Waals surface area contributed by atoms with Gasteiger partial charge in [-0.1, -0.05) is 11.6 Å². The van der Waals surface area contributed by atoms with Gasteiger partial charge in [0.1, 0.15) is 9.98 Å². The zero-order valence-corrected chi connectivity index (χ0v) is 12.7. The minimum absolute atomic E-state index is 0.235. The van der Waals surface area contributed by atoms with Gasteiger partial charge in [-0.3, -0.25) is 0 Å². The molecule has 0 radical (unpaired) electrons. The molecule has 0 saturated carbocycles. The molecule has 0 unspecified atom stereocenters. The second kappa shape index (κ2) is 6.83. The van der Waals surface area contributed by atoms with Crippen LogP contribution in [-0.2, 0) is 9.47 Å². The van der Waals surface area contributed by atoms with Gasteiger partial charge in [0.05, 0.1) is 24.2 Å². The normalized spacial score (nSPS) is 10.8. The second-order valence-corrected chi connectivity index (χ2v) is 5.02. The molecule has 0 amide bonds. The van der Waals surface area contributed by atoms with E-state index in [-0.39, 0.29) is 5.15 Å². The van der Waals surface area contributed by atoms with Gasteiger partial charge in [-0.2, -0.15) is 0 Å².